The Morgan fingerprint density at radius 1 is 0.939 bits per heavy atom. The Morgan fingerprint density at radius 3 is 1.88 bits per heavy atom. The first-order valence-corrected chi connectivity index (χ1v) is 10.6. The molecule has 0 heterocycles. The van der Waals surface area contributed by atoms with E-state index in [9.17, 15) is 24.3 Å². The second kappa shape index (κ2) is 15.7. The maximum atomic E-state index is 11.4. The van der Waals surface area contributed by atoms with Gasteiger partial charge in [-0.25, -0.2) is 4.79 Å². The molecule has 3 atom stereocenters. The molecule has 7 N–H and O–H groups in total. The number of ether oxygens (including phenoxy) is 3. The van der Waals surface area contributed by atoms with Crippen molar-refractivity contribution in [3.05, 3.63) is 35.9 Å². The first-order chi connectivity index (χ1) is 15.6. The molecule has 0 saturated heterocycles. The maximum Gasteiger partial charge on any atom is 0.348 e. The monoisotopic (exact) mass is 469 g/mol. The summed E-state index contributed by atoms with van der Waals surface area (Å²) in [6.45, 7) is 4.93. The van der Waals surface area contributed by atoms with Crippen LogP contribution in [-0.2, 0) is 39.8 Å². The Balaban J connectivity index is 0.000000647. The summed E-state index contributed by atoms with van der Waals surface area (Å²) in [6.07, 6.45) is 0.115. The Bertz CT molecular complexity index is 759. The summed E-state index contributed by atoms with van der Waals surface area (Å²) in [4.78, 5) is 45.1. The molecule has 0 radical (unpaired) electrons. The van der Waals surface area contributed by atoms with Gasteiger partial charge in [0.05, 0.1) is 19.8 Å². The minimum absolute atomic E-state index is 0.0405. The second-order valence-electron chi connectivity index (χ2n) is 6.94. The quantitative estimate of drug-likeness (QED) is 0.240. The van der Waals surface area contributed by atoms with Crippen molar-refractivity contribution in [2.24, 2.45) is 17.2 Å². The van der Waals surface area contributed by atoms with Gasteiger partial charge >= 0.3 is 23.9 Å². The number of esters is 3. The summed E-state index contributed by atoms with van der Waals surface area (Å²) >= 11 is 0. The number of hydrogen-bond donors (Lipinski definition) is 4. The largest absolute Gasteiger partial charge is 0.478 e. The van der Waals surface area contributed by atoms with Crippen LogP contribution in [0.2, 0.25) is 0 Å². The predicted octanol–water partition coefficient (Wildman–Crippen LogP) is 0.122. The summed E-state index contributed by atoms with van der Waals surface area (Å²) in [6, 6.07) is 7.91. The number of nitrogens with two attached hydrogens (primary N) is 3. The molecule has 0 amide bonds. The van der Waals surface area contributed by atoms with E-state index in [1.807, 2.05) is 30.3 Å². The number of carboxylic acids is 1. The van der Waals surface area contributed by atoms with E-state index in [-0.39, 0.29) is 25.4 Å². The SMILES string of the molecule is CCOC(=O)C(N)CC(CC)(OC(=O)CN)C(=O)O.CCOC(=O)[C@@H](N)Cc1ccccc1. The third kappa shape index (κ3) is 10.9. The number of hydrogen-bond acceptors (Lipinski definition) is 10. The topological polar surface area (TPSA) is 194 Å². The highest BCUT2D eigenvalue weighted by molar-refractivity contribution is 5.84. The lowest BCUT2D eigenvalue weighted by Gasteiger charge is -2.29. The van der Waals surface area contributed by atoms with E-state index in [1.54, 1.807) is 13.8 Å². The van der Waals surface area contributed by atoms with E-state index in [0.29, 0.717) is 13.0 Å². The van der Waals surface area contributed by atoms with Crippen LogP contribution in [0.4, 0.5) is 0 Å². The van der Waals surface area contributed by atoms with E-state index in [0.717, 1.165) is 5.56 Å². The Hall–Kier alpha value is -3.02. The molecule has 0 fully saturated rings. The molecule has 0 saturated carbocycles. The van der Waals surface area contributed by atoms with E-state index >= 15 is 0 Å². The van der Waals surface area contributed by atoms with Crippen LogP contribution in [0, 0.1) is 0 Å². The highest BCUT2D eigenvalue weighted by Gasteiger charge is 2.43. The normalized spacial score (nSPS) is 13.9. The second-order valence-corrected chi connectivity index (χ2v) is 6.94. The van der Waals surface area contributed by atoms with Crippen LogP contribution in [0.1, 0.15) is 39.2 Å². The lowest BCUT2D eigenvalue weighted by Crippen LogP contribution is -2.50. The predicted molar refractivity (Wildman–Crippen MR) is 120 cm³/mol. The molecular weight excluding hydrogens is 434 g/mol. The molecule has 0 aromatic heterocycles. The Kier molecular flexibility index (Phi) is 14.3. The van der Waals surface area contributed by atoms with Crippen molar-refractivity contribution in [3.63, 3.8) is 0 Å². The number of carboxylic acid groups (broad SMARTS) is 1. The fourth-order valence-electron chi connectivity index (χ4n) is 2.69. The zero-order chi connectivity index (χ0) is 25.4. The Morgan fingerprint density at radius 2 is 1.45 bits per heavy atom. The summed E-state index contributed by atoms with van der Waals surface area (Å²) in [7, 11) is 0. The number of rotatable bonds is 12. The van der Waals surface area contributed by atoms with Gasteiger partial charge in [-0.3, -0.25) is 14.4 Å². The minimum atomic E-state index is -1.87. The summed E-state index contributed by atoms with van der Waals surface area (Å²) in [5, 5.41) is 9.20. The smallest absolute Gasteiger partial charge is 0.348 e. The number of aliphatic carboxylic acids is 1. The molecular formula is C22H35N3O8. The fourth-order valence-corrected chi connectivity index (χ4v) is 2.69. The van der Waals surface area contributed by atoms with Gasteiger partial charge in [0.1, 0.15) is 12.1 Å². The van der Waals surface area contributed by atoms with Crippen LogP contribution >= 0.6 is 0 Å². The number of carbonyl (C=O) groups excluding carboxylic acids is 3. The van der Waals surface area contributed by atoms with Crippen molar-refractivity contribution >= 4 is 23.9 Å². The molecule has 1 aromatic rings. The van der Waals surface area contributed by atoms with Gasteiger partial charge < -0.3 is 36.5 Å². The van der Waals surface area contributed by atoms with Gasteiger partial charge in [0, 0.05) is 6.42 Å². The zero-order valence-corrected chi connectivity index (χ0v) is 19.3. The van der Waals surface area contributed by atoms with Crippen LogP contribution in [0.3, 0.4) is 0 Å². The highest BCUT2D eigenvalue weighted by atomic mass is 16.6. The Labute approximate surface area is 193 Å². The third-order valence-corrected chi connectivity index (χ3v) is 4.46. The highest BCUT2D eigenvalue weighted by Crippen LogP contribution is 2.23. The molecule has 11 heteroatoms. The van der Waals surface area contributed by atoms with E-state index in [4.69, 9.17) is 26.7 Å². The van der Waals surface area contributed by atoms with Gasteiger partial charge in [0.25, 0.3) is 0 Å². The van der Waals surface area contributed by atoms with Crippen molar-refractivity contribution in [3.8, 4) is 0 Å². The van der Waals surface area contributed by atoms with Gasteiger partial charge in [-0.15, -0.1) is 0 Å². The molecule has 33 heavy (non-hydrogen) atoms. The van der Waals surface area contributed by atoms with Crippen molar-refractivity contribution in [1.82, 2.24) is 0 Å². The molecule has 0 aliphatic rings. The molecule has 1 rings (SSSR count). The number of benzene rings is 1. The first-order valence-electron chi connectivity index (χ1n) is 10.6. The van der Waals surface area contributed by atoms with E-state index in [1.165, 1.54) is 6.92 Å². The van der Waals surface area contributed by atoms with Gasteiger partial charge in [-0.1, -0.05) is 37.3 Å². The lowest BCUT2D eigenvalue weighted by molar-refractivity contribution is -0.180. The van der Waals surface area contributed by atoms with Crippen molar-refractivity contribution in [1.29, 1.82) is 0 Å². The van der Waals surface area contributed by atoms with Crippen molar-refractivity contribution in [2.75, 3.05) is 19.8 Å². The standard InChI is InChI=1S/C11H20N2O6.C11H15NO2/c1-3-11(10(16)17,19-8(14)6-12)5-7(13)9(15)18-4-2;1-2-14-11(13)10(12)8-9-6-4-3-5-7-9/h7H,3-6,12-13H2,1-2H3,(H,16,17);3-7,10H,2,8,12H2,1H3/t;10-/m.0/s1. The molecule has 0 bridgehead atoms. The molecule has 1 aromatic carbocycles. The van der Waals surface area contributed by atoms with Crippen molar-refractivity contribution < 1.29 is 38.5 Å². The average molecular weight is 470 g/mol. The molecule has 2 unspecified atom stereocenters. The van der Waals surface area contributed by atoms with E-state index < -0.39 is 42.1 Å². The zero-order valence-electron chi connectivity index (χ0n) is 19.3. The summed E-state index contributed by atoms with van der Waals surface area (Å²) in [5.74, 6) is -3.33. The maximum absolute atomic E-state index is 11.4. The van der Waals surface area contributed by atoms with Gasteiger partial charge in [0.2, 0.25) is 5.60 Å². The van der Waals surface area contributed by atoms with Crippen LogP contribution in [0.15, 0.2) is 30.3 Å². The minimum Gasteiger partial charge on any atom is -0.478 e. The molecule has 0 aliphatic heterocycles. The molecule has 186 valence electrons. The lowest BCUT2D eigenvalue weighted by atomic mass is 9.92. The van der Waals surface area contributed by atoms with Gasteiger partial charge in [-0.2, -0.15) is 0 Å². The van der Waals surface area contributed by atoms with Crippen molar-refractivity contribution in [2.45, 2.75) is 57.7 Å². The van der Waals surface area contributed by atoms with Crippen LogP contribution in [0.25, 0.3) is 0 Å². The van der Waals surface area contributed by atoms with Crippen LogP contribution in [-0.4, -0.2) is 66.4 Å². The molecule has 11 nitrogen and oxygen atoms in total. The molecule has 0 spiro atoms. The number of carbonyl (C=O) groups is 4. The van der Waals surface area contributed by atoms with Crippen LogP contribution in [0.5, 0.6) is 0 Å². The third-order valence-electron chi connectivity index (χ3n) is 4.46. The first kappa shape index (κ1) is 30.0. The summed E-state index contributed by atoms with van der Waals surface area (Å²) in [5.41, 5.74) is 15.5. The summed E-state index contributed by atoms with van der Waals surface area (Å²) < 4.78 is 14.3. The van der Waals surface area contributed by atoms with Gasteiger partial charge in [0.15, 0.2) is 0 Å². The molecule has 0 aliphatic carbocycles. The van der Waals surface area contributed by atoms with Crippen LogP contribution < -0.4 is 17.2 Å². The fraction of sp³-hybridized carbons (Fsp3) is 0.545. The average Bonchev–Trinajstić information content (AvgIpc) is 2.79. The van der Waals surface area contributed by atoms with Gasteiger partial charge in [-0.05, 0) is 32.3 Å². The van der Waals surface area contributed by atoms with E-state index in [2.05, 4.69) is 4.74 Å².